The fourth-order valence-corrected chi connectivity index (χ4v) is 3.99. The number of benzene rings is 3. The average Bonchev–Trinajstić information content (AvgIpc) is 3.04. The minimum Gasteiger partial charge on any atom is -0.354 e. The van der Waals surface area contributed by atoms with Crippen LogP contribution in [0.3, 0.4) is 0 Å². The normalized spacial score (nSPS) is 12.6. The van der Waals surface area contributed by atoms with Gasteiger partial charge in [0.15, 0.2) is 0 Å². The van der Waals surface area contributed by atoms with E-state index in [4.69, 9.17) is 0 Å². The highest BCUT2D eigenvalue weighted by Gasteiger charge is 2.23. The van der Waals surface area contributed by atoms with E-state index >= 15 is 0 Å². The molecule has 4 rings (SSSR count). The largest absolute Gasteiger partial charge is 0.354 e. The third-order valence-electron chi connectivity index (χ3n) is 5.85. The molecule has 0 radical (unpaired) electrons. The van der Waals surface area contributed by atoms with Crippen molar-refractivity contribution in [3.63, 3.8) is 0 Å². The van der Waals surface area contributed by atoms with Crippen LogP contribution in [-0.2, 0) is 10.8 Å². The van der Waals surface area contributed by atoms with Gasteiger partial charge >= 0.3 is 0 Å². The predicted molar refractivity (Wildman–Crippen MR) is 125 cm³/mol. The molecule has 0 spiro atoms. The number of H-pyrrole nitrogens is 1. The van der Waals surface area contributed by atoms with E-state index < -0.39 is 0 Å². The number of nitrogens with zero attached hydrogens (tertiary/aromatic N) is 1. The van der Waals surface area contributed by atoms with Crippen molar-refractivity contribution in [2.75, 3.05) is 0 Å². The molecule has 0 aliphatic rings. The van der Waals surface area contributed by atoms with Gasteiger partial charge in [0, 0.05) is 27.9 Å². The second-order valence-electron chi connectivity index (χ2n) is 10.1. The zero-order chi connectivity index (χ0) is 21.8. The van der Waals surface area contributed by atoms with E-state index in [1.54, 1.807) is 6.07 Å². The molecular formula is C26H28N2O2. The molecule has 0 atom stereocenters. The van der Waals surface area contributed by atoms with Crippen molar-refractivity contribution in [2.24, 2.45) is 0 Å². The van der Waals surface area contributed by atoms with Gasteiger partial charge in [-0.15, -0.1) is 0 Å². The smallest absolute Gasteiger partial charge is 0.277 e. The monoisotopic (exact) mass is 400 g/mol. The molecule has 0 amide bonds. The van der Waals surface area contributed by atoms with Crippen LogP contribution in [0.25, 0.3) is 32.9 Å². The summed E-state index contributed by atoms with van der Waals surface area (Å²) in [5.41, 5.74) is 5.92. The van der Waals surface area contributed by atoms with Crippen LogP contribution in [0.5, 0.6) is 0 Å². The van der Waals surface area contributed by atoms with Gasteiger partial charge in [0.25, 0.3) is 5.69 Å². The van der Waals surface area contributed by atoms with Crippen molar-refractivity contribution in [3.05, 3.63) is 75.8 Å². The molecule has 0 fully saturated rings. The van der Waals surface area contributed by atoms with Crippen molar-refractivity contribution < 1.29 is 4.92 Å². The molecule has 30 heavy (non-hydrogen) atoms. The van der Waals surface area contributed by atoms with Crippen LogP contribution >= 0.6 is 0 Å². The van der Waals surface area contributed by atoms with Gasteiger partial charge in [-0.25, -0.2) is 0 Å². The van der Waals surface area contributed by atoms with Crippen LogP contribution in [0, 0.1) is 10.1 Å². The van der Waals surface area contributed by atoms with Gasteiger partial charge in [-0.2, -0.15) is 0 Å². The first-order valence-corrected chi connectivity index (χ1v) is 10.3. The van der Waals surface area contributed by atoms with E-state index in [0.717, 1.165) is 32.9 Å². The van der Waals surface area contributed by atoms with Crippen LogP contribution in [0.15, 0.2) is 54.6 Å². The highest BCUT2D eigenvalue weighted by molar-refractivity contribution is 6.12. The maximum Gasteiger partial charge on any atom is 0.277 e. The number of aromatic nitrogens is 1. The van der Waals surface area contributed by atoms with Crippen molar-refractivity contribution in [1.82, 2.24) is 4.98 Å². The molecule has 4 aromatic rings. The number of hydrogen-bond acceptors (Lipinski definition) is 2. The molecule has 0 unspecified atom stereocenters. The number of aromatic amines is 1. The first kappa shape index (κ1) is 20.1. The van der Waals surface area contributed by atoms with Crippen LogP contribution in [0.4, 0.5) is 5.69 Å². The quantitative estimate of drug-likeness (QED) is 0.280. The Morgan fingerprint density at radius 3 is 2.03 bits per heavy atom. The summed E-state index contributed by atoms with van der Waals surface area (Å²) in [6, 6.07) is 18.0. The summed E-state index contributed by atoms with van der Waals surface area (Å²) in [4.78, 5) is 15.0. The Bertz CT molecular complexity index is 1280. The number of para-hydroxylation sites is 1. The van der Waals surface area contributed by atoms with Crippen molar-refractivity contribution in [1.29, 1.82) is 0 Å². The fraction of sp³-hybridized carbons (Fsp3) is 0.308. The SMILES string of the molecule is CC(C)(C)c1ccc([N+](=O)[O-])c(-c2cccc3c2[nH]c2ccc(C(C)(C)C)cc23)c1. The van der Waals surface area contributed by atoms with E-state index in [-0.39, 0.29) is 21.4 Å². The summed E-state index contributed by atoms with van der Waals surface area (Å²) < 4.78 is 0. The maximum absolute atomic E-state index is 11.8. The molecule has 1 N–H and O–H groups in total. The van der Waals surface area contributed by atoms with Crippen molar-refractivity contribution in [3.8, 4) is 11.1 Å². The highest BCUT2D eigenvalue weighted by Crippen LogP contribution is 2.40. The van der Waals surface area contributed by atoms with Crippen LogP contribution < -0.4 is 0 Å². The summed E-state index contributed by atoms with van der Waals surface area (Å²) in [5.74, 6) is 0. The zero-order valence-corrected chi connectivity index (χ0v) is 18.5. The second-order valence-corrected chi connectivity index (χ2v) is 10.1. The summed E-state index contributed by atoms with van der Waals surface area (Å²) in [5, 5.41) is 14.0. The molecule has 0 saturated carbocycles. The number of nitro benzene ring substituents is 1. The van der Waals surface area contributed by atoms with Gasteiger partial charge in [0.05, 0.1) is 16.0 Å². The second kappa shape index (κ2) is 6.69. The number of nitro groups is 1. The van der Waals surface area contributed by atoms with E-state index in [9.17, 15) is 10.1 Å². The Balaban J connectivity index is 2.04. The summed E-state index contributed by atoms with van der Waals surface area (Å²) in [6.45, 7) is 13.0. The molecule has 4 heteroatoms. The predicted octanol–water partition coefficient (Wildman–Crippen LogP) is 7.49. The van der Waals surface area contributed by atoms with Gasteiger partial charge in [-0.1, -0.05) is 71.9 Å². The van der Waals surface area contributed by atoms with Gasteiger partial charge in [0.2, 0.25) is 0 Å². The lowest BCUT2D eigenvalue weighted by molar-refractivity contribution is -0.384. The topological polar surface area (TPSA) is 58.9 Å². The Kier molecular flexibility index (Phi) is 4.50. The molecule has 0 bridgehead atoms. The van der Waals surface area contributed by atoms with Gasteiger partial charge in [-0.3, -0.25) is 10.1 Å². The molecular weight excluding hydrogens is 372 g/mol. The molecule has 0 aliphatic carbocycles. The molecule has 0 saturated heterocycles. The molecule has 154 valence electrons. The fourth-order valence-electron chi connectivity index (χ4n) is 3.99. The van der Waals surface area contributed by atoms with E-state index in [0.29, 0.717) is 5.56 Å². The molecule has 1 heterocycles. The maximum atomic E-state index is 11.8. The summed E-state index contributed by atoms with van der Waals surface area (Å²) >= 11 is 0. The molecule has 1 aromatic heterocycles. The van der Waals surface area contributed by atoms with E-state index in [1.165, 1.54) is 5.56 Å². The number of fused-ring (bicyclic) bond motifs is 3. The Morgan fingerprint density at radius 1 is 0.767 bits per heavy atom. The van der Waals surface area contributed by atoms with E-state index in [1.807, 2.05) is 24.3 Å². The first-order valence-electron chi connectivity index (χ1n) is 10.3. The Hall–Kier alpha value is -3.14. The standard InChI is InChI=1S/C26H28N2O2/c1-25(2,3)16-10-12-22-20(14-16)18-8-7-9-19(24(18)27-22)21-15-17(26(4,5)6)11-13-23(21)28(29)30/h7-15,27H,1-6H3. The highest BCUT2D eigenvalue weighted by atomic mass is 16.6. The molecule has 3 aromatic carbocycles. The lowest BCUT2D eigenvalue weighted by Gasteiger charge is -2.20. The molecule has 4 nitrogen and oxygen atoms in total. The van der Waals surface area contributed by atoms with Crippen LogP contribution in [-0.4, -0.2) is 9.91 Å². The minimum atomic E-state index is -0.291. The van der Waals surface area contributed by atoms with Gasteiger partial charge in [0.1, 0.15) is 0 Å². The minimum absolute atomic E-state index is 0.0508. The lowest BCUT2D eigenvalue weighted by Crippen LogP contribution is -2.11. The van der Waals surface area contributed by atoms with Gasteiger partial charge in [-0.05, 0) is 40.2 Å². The summed E-state index contributed by atoms with van der Waals surface area (Å²) in [6.07, 6.45) is 0. The third-order valence-corrected chi connectivity index (χ3v) is 5.85. The van der Waals surface area contributed by atoms with Crippen LogP contribution in [0.1, 0.15) is 52.7 Å². The first-order chi connectivity index (χ1) is 14.0. The van der Waals surface area contributed by atoms with Crippen LogP contribution in [0.2, 0.25) is 0 Å². The van der Waals surface area contributed by atoms with E-state index in [2.05, 4.69) is 70.8 Å². The third kappa shape index (κ3) is 3.36. The van der Waals surface area contributed by atoms with Crippen molar-refractivity contribution in [2.45, 2.75) is 52.4 Å². The number of rotatable bonds is 2. The summed E-state index contributed by atoms with van der Waals surface area (Å²) in [7, 11) is 0. The average molecular weight is 401 g/mol. The lowest BCUT2D eigenvalue weighted by atomic mass is 9.84. The Morgan fingerprint density at radius 2 is 1.40 bits per heavy atom. The van der Waals surface area contributed by atoms with Gasteiger partial charge < -0.3 is 4.98 Å². The number of nitrogens with one attached hydrogen (secondary N) is 1. The zero-order valence-electron chi connectivity index (χ0n) is 18.5. The molecule has 0 aliphatic heterocycles. The number of hydrogen-bond donors (Lipinski definition) is 1. The Labute approximate surface area is 177 Å². The van der Waals surface area contributed by atoms with Crippen molar-refractivity contribution >= 4 is 27.5 Å².